The van der Waals surface area contributed by atoms with Crippen molar-refractivity contribution in [1.82, 2.24) is 14.5 Å². The van der Waals surface area contributed by atoms with Gasteiger partial charge in [0.2, 0.25) is 5.91 Å². The highest BCUT2D eigenvalue weighted by Gasteiger charge is 2.38. The molecule has 2 amide bonds. The van der Waals surface area contributed by atoms with Gasteiger partial charge in [0, 0.05) is 17.2 Å². The standard InChI is InChI=1S/C16H16FN5O5S/c17-15-9(10-5-11(8-1-2-8)21(19-10)6-13(18)24)3-4-12(23)16(15)22-7-14(25)20-28(22,26)27/h3-5,8,23H,1-2,6-7H2,(H2,18,24)(H,20,25). The van der Waals surface area contributed by atoms with E-state index in [2.05, 4.69) is 5.10 Å². The lowest BCUT2D eigenvalue weighted by atomic mass is 10.1. The van der Waals surface area contributed by atoms with Gasteiger partial charge in [-0.15, -0.1) is 0 Å². The average molecular weight is 409 g/mol. The Morgan fingerprint density at radius 1 is 1.39 bits per heavy atom. The third-order valence-electron chi connectivity index (χ3n) is 4.55. The summed E-state index contributed by atoms with van der Waals surface area (Å²) in [6.45, 7) is -0.822. The molecule has 1 aromatic carbocycles. The Morgan fingerprint density at radius 2 is 2.11 bits per heavy atom. The summed E-state index contributed by atoms with van der Waals surface area (Å²) in [5.41, 5.74) is 5.42. The molecule has 12 heteroatoms. The number of nitrogens with zero attached hydrogens (tertiary/aromatic N) is 3. The molecule has 2 aromatic rings. The number of phenolic OH excluding ortho intramolecular Hbond substituents is 1. The second-order valence-electron chi connectivity index (χ2n) is 6.68. The number of benzene rings is 1. The van der Waals surface area contributed by atoms with E-state index in [-0.39, 0.29) is 23.7 Å². The van der Waals surface area contributed by atoms with Crippen LogP contribution < -0.4 is 14.8 Å². The van der Waals surface area contributed by atoms with E-state index in [1.54, 1.807) is 10.8 Å². The van der Waals surface area contributed by atoms with Gasteiger partial charge in [-0.25, -0.2) is 13.4 Å². The molecule has 2 aliphatic rings. The molecule has 2 fully saturated rings. The molecule has 1 aromatic heterocycles. The third-order valence-corrected chi connectivity index (χ3v) is 5.93. The Kier molecular flexibility index (Phi) is 4.03. The first-order chi connectivity index (χ1) is 13.2. The molecule has 1 saturated carbocycles. The predicted octanol–water partition coefficient (Wildman–Crippen LogP) is -0.0615. The summed E-state index contributed by atoms with van der Waals surface area (Å²) >= 11 is 0. The first kappa shape index (κ1) is 18.2. The molecule has 0 atom stereocenters. The molecule has 4 N–H and O–H groups in total. The molecular formula is C16H16FN5O5S. The van der Waals surface area contributed by atoms with Crippen molar-refractivity contribution in [3.63, 3.8) is 0 Å². The number of amides is 2. The highest BCUT2D eigenvalue weighted by atomic mass is 32.2. The Labute approximate surface area is 158 Å². The number of halogens is 1. The molecule has 1 aliphatic heterocycles. The van der Waals surface area contributed by atoms with Crippen molar-refractivity contribution in [3.05, 3.63) is 29.7 Å². The van der Waals surface area contributed by atoms with Crippen LogP contribution in [-0.4, -0.2) is 41.7 Å². The van der Waals surface area contributed by atoms with Gasteiger partial charge < -0.3 is 10.8 Å². The van der Waals surface area contributed by atoms with Crippen LogP contribution in [0.4, 0.5) is 10.1 Å². The first-order valence-electron chi connectivity index (χ1n) is 8.38. The van der Waals surface area contributed by atoms with E-state index in [0.717, 1.165) is 24.6 Å². The molecule has 28 heavy (non-hydrogen) atoms. The zero-order valence-corrected chi connectivity index (χ0v) is 15.2. The summed E-state index contributed by atoms with van der Waals surface area (Å²) in [4.78, 5) is 22.8. The van der Waals surface area contributed by atoms with Crippen molar-refractivity contribution >= 4 is 27.7 Å². The van der Waals surface area contributed by atoms with Gasteiger partial charge in [0.1, 0.15) is 24.5 Å². The predicted molar refractivity (Wildman–Crippen MR) is 94.9 cm³/mol. The van der Waals surface area contributed by atoms with E-state index >= 15 is 4.39 Å². The number of hydrogen-bond donors (Lipinski definition) is 3. The van der Waals surface area contributed by atoms with Crippen molar-refractivity contribution in [2.45, 2.75) is 25.3 Å². The smallest absolute Gasteiger partial charge is 0.326 e. The zero-order valence-electron chi connectivity index (χ0n) is 14.4. The van der Waals surface area contributed by atoms with Gasteiger partial charge in [0.05, 0.1) is 5.69 Å². The molecular weight excluding hydrogens is 393 g/mol. The highest BCUT2D eigenvalue weighted by Crippen LogP contribution is 2.43. The highest BCUT2D eigenvalue weighted by molar-refractivity contribution is 7.92. The molecule has 0 bridgehead atoms. The van der Waals surface area contributed by atoms with Crippen LogP contribution in [0.25, 0.3) is 11.3 Å². The molecule has 2 heterocycles. The third kappa shape index (κ3) is 3.05. The Balaban J connectivity index is 1.82. The van der Waals surface area contributed by atoms with E-state index in [1.807, 2.05) is 0 Å². The number of nitrogens with one attached hydrogen (secondary N) is 1. The van der Waals surface area contributed by atoms with Crippen LogP contribution in [0.2, 0.25) is 0 Å². The molecule has 1 saturated heterocycles. The number of rotatable bonds is 5. The van der Waals surface area contributed by atoms with E-state index in [0.29, 0.717) is 4.31 Å². The summed E-state index contributed by atoms with van der Waals surface area (Å²) < 4.78 is 42.9. The number of hydrogen-bond acceptors (Lipinski definition) is 6. The van der Waals surface area contributed by atoms with Crippen molar-refractivity contribution in [3.8, 4) is 17.0 Å². The Morgan fingerprint density at radius 3 is 2.68 bits per heavy atom. The van der Waals surface area contributed by atoms with Crippen LogP contribution in [-0.2, 0) is 26.3 Å². The minimum absolute atomic E-state index is 0.0764. The summed E-state index contributed by atoms with van der Waals surface area (Å²) in [6, 6.07) is 3.98. The second-order valence-corrected chi connectivity index (χ2v) is 8.28. The number of nitrogens with two attached hydrogens (primary N) is 1. The summed E-state index contributed by atoms with van der Waals surface area (Å²) in [7, 11) is -4.31. The van der Waals surface area contributed by atoms with E-state index in [1.165, 1.54) is 10.7 Å². The van der Waals surface area contributed by atoms with Crippen LogP contribution in [0.1, 0.15) is 24.5 Å². The monoisotopic (exact) mass is 409 g/mol. The number of anilines is 1. The average Bonchev–Trinajstić information content (AvgIpc) is 3.28. The fourth-order valence-corrected chi connectivity index (χ4v) is 4.34. The lowest BCUT2D eigenvalue weighted by Gasteiger charge is -2.18. The molecule has 0 radical (unpaired) electrons. The van der Waals surface area contributed by atoms with Crippen molar-refractivity contribution in [2.75, 3.05) is 10.8 Å². The summed E-state index contributed by atoms with van der Waals surface area (Å²) in [5.74, 6) is -2.94. The Bertz CT molecular complexity index is 1110. The van der Waals surface area contributed by atoms with Gasteiger partial charge in [0.15, 0.2) is 5.82 Å². The Hall–Kier alpha value is -3.15. The van der Waals surface area contributed by atoms with Crippen molar-refractivity contribution < 1.29 is 27.5 Å². The van der Waals surface area contributed by atoms with Crippen molar-refractivity contribution in [2.24, 2.45) is 5.73 Å². The van der Waals surface area contributed by atoms with Gasteiger partial charge in [-0.3, -0.25) is 14.3 Å². The minimum Gasteiger partial charge on any atom is -0.506 e. The lowest BCUT2D eigenvalue weighted by Crippen LogP contribution is -2.30. The van der Waals surface area contributed by atoms with Gasteiger partial charge in [-0.2, -0.15) is 13.5 Å². The van der Waals surface area contributed by atoms with Crippen LogP contribution in [0, 0.1) is 5.82 Å². The maximum atomic E-state index is 15.2. The lowest BCUT2D eigenvalue weighted by molar-refractivity contribution is -0.119. The molecule has 1 aliphatic carbocycles. The summed E-state index contributed by atoms with van der Waals surface area (Å²) in [5, 5.41) is 14.3. The van der Waals surface area contributed by atoms with Gasteiger partial charge >= 0.3 is 10.2 Å². The van der Waals surface area contributed by atoms with Crippen LogP contribution >= 0.6 is 0 Å². The van der Waals surface area contributed by atoms with Crippen LogP contribution in [0.5, 0.6) is 5.75 Å². The fourth-order valence-electron chi connectivity index (χ4n) is 3.18. The van der Waals surface area contributed by atoms with E-state index in [9.17, 15) is 23.1 Å². The van der Waals surface area contributed by atoms with E-state index in [4.69, 9.17) is 5.73 Å². The number of carbonyl (C=O) groups is 2. The second kappa shape index (κ2) is 6.19. The van der Waals surface area contributed by atoms with Crippen molar-refractivity contribution in [1.29, 1.82) is 0 Å². The largest absolute Gasteiger partial charge is 0.506 e. The SMILES string of the molecule is NC(=O)Cn1nc(-c2ccc(O)c(N3CC(=O)NS3(=O)=O)c2F)cc1C1CC1. The quantitative estimate of drug-likeness (QED) is 0.630. The van der Waals surface area contributed by atoms with Gasteiger partial charge in [-0.1, -0.05) is 0 Å². The normalized spacial score (nSPS) is 18.3. The number of aromatic nitrogens is 2. The molecule has 4 rings (SSSR count). The van der Waals surface area contributed by atoms with Gasteiger partial charge in [-0.05, 0) is 31.0 Å². The zero-order chi connectivity index (χ0) is 20.2. The van der Waals surface area contributed by atoms with E-state index < -0.39 is 45.8 Å². The molecule has 0 spiro atoms. The molecule has 0 unspecified atom stereocenters. The molecule has 148 valence electrons. The maximum absolute atomic E-state index is 15.2. The van der Waals surface area contributed by atoms with Crippen LogP contribution in [0.3, 0.4) is 0 Å². The number of primary amides is 1. The summed E-state index contributed by atoms with van der Waals surface area (Å²) in [6.07, 6.45) is 1.82. The minimum atomic E-state index is -4.31. The first-order valence-corrected chi connectivity index (χ1v) is 9.82. The van der Waals surface area contributed by atoms with Gasteiger partial charge in [0.25, 0.3) is 5.91 Å². The number of carbonyl (C=O) groups excluding carboxylic acids is 2. The number of aromatic hydroxyl groups is 1. The maximum Gasteiger partial charge on any atom is 0.326 e. The fraction of sp³-hybridized carbons (Fsp3) is 0.312. The number of phenols is 1. The van der Waals surface area contributed by atoms with Crippen LogP contribution in [0.15, 0.2) is 18.2 Å². The molecule has 10 nitrogen and oxygen atoms in total. The topological polar surface area (TPSA) is 148 Å².